The number of carboxylic acid groups (broad SMARTS) is 1. The van der Waals surface area contributed by atoms with Crippen LogP contribution in [0.1, 0.15) is 26.7 Å². The van der Waals surface area contributed by atoms with Gasteiger partial charge in [-0.05, 0) is 44.2 Å². The minimum atomic E-state index is -0.803. The Bertz CT molecular complexity index is 685. The van der Waals surface area contributed by atoms with E-state index in [-0.39, 0.29) is 5.56 Å². The van der Waals surface area contributed by atoms with Gasteiger partial charge in [-0.15, -0.1) is 0 Å². The molecule has 2 rings (SSSR count). The summed E-state index contributed by atoms with van der Waals surface area (Å²) in [7, 11) is 0. The van der Waals surface area contributed by atoms with E-state index in [0.29, 0.717) is 19.4 Å². The van der Waals surface area contributed by atoms with E-state index in [1.54, 1.807) is 24.5 Å². The van der Waals surface area contributed by atoms with Crippen molar-refractivity contribution in [1.29, 1.82) is 0 Å². The number of nitrogens with zero attached hydrogens (tertiary/aromatic N) is 1. The molecule has 0 aliphatic rings. The lowest BCUT2D eigenvalue weighted by molar-refractivity contribution is -0.147. The van der Waals surface area contributed by atoms with Gasteiger partial charge < -0.3 is 9.67 Å². The summed E-state index contributed by atoms with van der Waals surface area (Å²) >= 11 is 0. The highest BCUT2D eigenvalue weighted by Gasteiger charge is 2.26. The van der Waals surface area contributed by atoms with Crippen LogP contribution >= 0.6 is 0 Å². The van der Waals surface area contributed by atoms with Gasteiger partial charge in [-0.25, -0.2) is 0 Å². The zero-order chi connectivity index (χ0) is 14.8. The number of hydrogen-bond acceptors (Lipinski definition) is 2. The lowest BCUT2D eigenvalue weighted by Gasteiger charge is -2.19. The summed E-state index contributed by atoms with van der Waals surface area (Å²) in [6.45, 7) is 3.96. The molecule has 1 N–H and O–H groups in total. The van der Waals surface area contributed by atoms with Crippen molar-refractivity contribution in [3.05, 3.63) is 46.8 Å². The number of carboxylic acids is 1. The highest BCUT2D eigenvalue weighted by Crippen LogP contribution is 2.23. The fourth-order valence-electron chi connectivity index (χ4n) is 2.26. The topological polar surface area (TPSA) is 59.3 Å². The largest absolute Gasteiger partial charge is 0.481 e. The van der Waals surface area contributed by atoms with Crippen molar-refractivity contribution in [2.45, 2.75) is 33.2 Å². The van der Waals surface area contributed by atoms with Gasteiger partial charge in [0.2, 0.25) is 0 Å². The van der Waals surface area contributed by atoms with Crippen LogP contribution in [-0.4, -0.2) is 15.6 Å². The summed E-state index contributed by atoms with van der Waals surface area (Å²) < 4.78 is 1.72. The molecule has 1 aromatic heterocycles. The lowest BCUT2D eigenvalue weighted by atomic mass is 9.88. The van der Waals surface area contributed by atoms with E-state index in [0.717, 1.165) is 10.9 Å². The third-order valence-corrected chi connectivity index (χ3v) is 3.66. The van der Waals surface area contributed by atoms with E-state index >= 15 is 0 Å². The number of aryl methyl sites for hydroxylation is 1. The van der Waals surface area contributed by atoms with Gasteiger partial charge >= 0.3 is 5.97 Å². The fourth-order valence-corrected chi connectivity index (χ4v) is 2.26. The maximum absolute atomic E-state index is 12.0. The number of fused-ring (bicyclic) bond motifs is 1. The van der Waals surface area contributed by atoms with Crippen LogP contribution in [0.4, 0.5) is 0 Å². The number of aromatic nitrogens is 1. The highest BCUT2D eigenvalue weighted by atomic mass is 16.4. The number of pyridine rings is 1. The van der Waals surface area contributed by atoms with Crippen LogP contribution in [0.15, 0.2) is 41.2 Å². The SMILES string of the molecule is CC(C)(CCCn1c(=O)ccc2ccccc21)C(=O)O. The Hall–Kier alpha value is -2.10. The number of rotatable bonds is 5. The molecule has 0 saturated heterocycles. The summed E-state index contributed by atoms with van der Waals surface area (Å²) in [5.74, 6) is -0.803. The number of carbonyl (C=O) groups is 1. The van der Waals surface area contributed by atoms with Crippen LogP contribution in [0.3, 0.4) is 0 Å². The highest BCUT2D eigenvalue weighted by molar-refractivity contribution is 5.78. The van der Waals surface area contributed by atoms with Crippen LogP contribution in [0.25, 0.3) is 10.9 Å². The van der Waals surface area contributed by atoms with E-state index in [2.05, 4.69) is 0 Å². The molecule has 4 nitrogen and oxygen atoms in total. The molecule has 1 aromatic carbocycles. The van der Waals surface area contributed by atoms with Crippen molar-refractivity contribution in [2.75, 3.05) is 0 Å². The molecule has 0 bridgehead atoms. The molecule has 0 atom stereocenters. The second-order valence-electron chi connectivity index (χ2n) is 5.67. The van der Waals surface area contributed by atoms with E-state index in [4.69, 9.17) is 5.11 Å². The third kappa shape index (κ3) is 2.90. The van der Waals surface area contributed by atoms with Crippen molar-refractivity contribution in [1.82, 2.24) is 4.57 Å². The Balaban J connectivity index is 2.20. The molecule has 0 saturated carbocycles. The van der Waals surface area contributed by atoms with Crippen LogP contribution in [0.2, 0.25) is 0 Å². The molecule has 0 fully saturated rings. The number of aliphatic carboxylic acids is 1. The quantitative estimate of drug-likeness (QED) is 0.911. The normalized spacial score (nSPS) is 11.7. The van der Waals surface area contributed by atoms with Gasteiger partial charge in [0.25, 0.3) is 5.56 Å². The molecular weight excluding hydrogens is 254 g/mol. The zero-order valence-electron chi connectivity index (χ0n) is 11.8. The third-order valence-electron chi connectivity index (χ3n) is 3.66. The van der Waals surface area contributed by atoms with Crippen LogP contribution in [-0.2, 0) is 11.3 Å². The molecule has 0 aliphatic carbocycles. The maximum atomic E-state index is 12.0. The molecule has 106 valence electrons. The van der Waals surface area contributed by atoms with E-state index in [9.17, 15) is 9.59 Å². The smallest absolute Gasteiger partial charge is 0.309 e. The van der Waals surface area contributed by atoms with Crippen molar-refractivity contribution in [3.8, 4) is 0 Å². The minimum Gasteiger partial charge on any atom is -0.481 e. The van der Waals surface area contributed by atoms with Crippen LogP contribution in [0, 0.1) is 5.41 Å². The first-order valence-corrected chi connectivity index (χ1v) is 6.74. The minimum absolute atomic E-state index is 0.0446. The zero-order valence-corrected chi connectivity index (χ0v) is 11.8. The van der Waals surface area contributed by atoms with Gasteiger partial charge in [0.05, 0.1) is 10.9 Å². The molecule has 2 aromatic rings. The molecule has 0 spiro atoms. The van der Waals surface area contributed by atoms with Gasteiger partial charge in [0.15, 0.2) is 0 Å². The average molecular weight is 273 g/mol. The first kappa shape index (κ1) is 14.3. The average Bonchev–Trinajstić information content (AvgIpc) is 2.41. The van der Waals surface area contributed by atoms with Crippen LogP contribution < -0.4 is 5.56 Å². The Morgan fingerprint density at radius 2 is 1.90 bits per heavy atom. The standard InChI is InChI=1S/C16H19NO3/c1-16(2,15(19)20)10-5-11-17-13-7-4-3-6-12(13)8-9-14(17)18/h3-4,6-9H,5,10-11H2,1-2H3,(H,19,20). The van der Waals surface area contributed by atoms with Crippen molar-refractivity contribution >= 4 is 16.9 Å². The maximum Gasteiger partial charge on any atom is 0.309 e. The second kappa shape index (κ2) is 5.49. The monoisotopic (exact) mass is 273 g/mol. The summed E-state index contributed by atoms with van der Waals surface area (Å²) in [6, 6.07) is 11.1. The molecule has 0 radical (unpaired) electrons. The Morgan fingerprint density at radius 3 is 2.60 bits per heavy atom. The molecule has 0 amide bonds. The van der Waals surface area contributed by atoms with E-state index in [1.807, 2.05) is 30.3 Å². The second-order valence-corrected chi connectivity index (χ2v) is 5.67. The molecule has 0 unspecified atom stereocenters. The first-order chi connectivity index (χ1) is 9.42. The van der Waals surface area contributed by atoms with Crippen molar-refractivity contribution in [3.63, 3.8) is 0 Å². The molecular formula is C16H19NO3. The summed E-state index contributed by atoms with van der Waals surface area (Å²) in [5.41, 5.74) is 0.0961. The Morgan fingerprint density at radius 1 is 1.20 bits per heavy atom. The van der Waals surface area contributed by atoms with Crippen molar-refractivity contribution in [2.24, 2.45) is 5.41 Å². The van der Waals surface area contributed by atoms with Gasteiger partial charge in [-0.1, -0.05) is 18.2 Å². The predicted octanol–water partition coefficient (Wildman–Crippen LogP) is 2.89. The van der Waals surface area contributed by atoms with Crippen LogP contribution in [0.5, 0.6) is 0 Å². The van der Waals surface area contributed by atoms with E-state index in [1.165, 1.54) is 0 Å². The Labute approximate surface area is 117 Å². The number of para-hydroxylation sites is 1. The number of benzene rings is 1. The van der Waals surface area contributed by atoms with Gasteiger partial charge in [0, 0.05) is 12.6 Å². The van der Waals surface area contributed by atoms with Gasteiger partial charge in [0.1, 0.15) is 0 Å². The molecule has 0 aliphatic heterocycles. The number of hydrogen-bond donors (Lipinski definition) is 1. The van der Waals surface area contributed by atoms with Crippen molar-refractivity contribution < 1.29 is 9.90 Å². The predicted molar refractivity (Wildman–Crippen MR) is 78.9 cm³/mol. The van der Waals surface area contributed by atoms with Gasteiger partial charge in [-0.2, -0.15) is 0 Å². The molecule has 1 heterocycles. The van der Waals surface area contributed by atoms with Gasteiger partial charge in [-0.3, -0.25) is 9.59 Å². The molecule has 20 heavy (non-hydrogen) atoms. The summed E-state index contributed by atoms with van der Waals surface area (Å²) in [4.78, 5) is 23.0. The van der Waals surface area contributed by atoms with E-state index < -0.39 is 11.4 Å². The molecule has 4 heteroatoms. The lowest BCUT2D eigenvalue weighted by Crippen LogP contribution is -2.25. The summed E-state index contributed by atoms with van der Waals surface area (Å²) in [5, 5.41) is 10.1. The summed E-state index contributed by atoms with van der Waals surface area (Å²) in [6.07, 6.45) is 1.20. The first-order valence-electron chi connectivity index (χ1n) is 6.74. The fraction of sp³-hybridized carbons (Fsp3) is 0.375. The Kier molecular flexibility index (Phi) is 3.93.